The number of rotatable bonds is 6. The quantitative estimate of drug-likeness (QED) is 0.662. The van der Waals surface area contributed by atoms with Crippen LogP contribution in [0, 0.1) is 5.82 Å². The average molecular weight is 402 g/mol. The van der Waals surface area contributed by atoms with Gasteiger partial charge in [-0.05, 0) is 35.9 Å². The number of H-pyrrole nitrogens is 1. The monoisotopic (exact) mass is 402 g/mol. The Kier molecular flexibility index (Phi) is 4.91. The van der Waals surface area contributed by atoms with Crippen LogP contribution in [0.4, 0.5) is 15.8 Å². The zero-order valence-corrected chi connectivity index (χ0v) is 15.7. The van der Waals surface area contributed by atoms with Crippen LogP contribution < -0.4 is 14.4 Å². The summed E-state index contributed by atoms with van der Waals surface area (Å²) >= 11 is 0. The summed E-state index contributed by atoms with van der Waals surface area (Å²) in [6.45, 7) is 1.84. The van der Waals surface area contributed by atoms with Crippen molar-refractivity contribution in [2.24, 2.45) is 0 Å². The molecule has 2 aromatic carbocycles. The van der Waals surface area contributed by atoms with Crippen molar-refractivity contribution in [2.45, 2.75) is 12.3 Å². The van der Waals surface area contributed by atoms with Gasteiger partial charge < -0.3 is 14.6 Å². The van der Waals surface area contributed by atoms with E-state index in [2.05, 4.69) is 19.6 Å². The van der Waals surface area contributed by atoms with E-state index in [9.17, 15) is 12.8 Å². The maximum atomic E-state index is 13.0. The first-order valence-electron chi connectivity index (χ1n) is 8.72. The van der Waals surface area contributed by atoms with E-state index in [0.717, 1.165) is 11.4 Å². The minimum atomic E-state index is -3.64. The molecule has 3 aromatic rings. The molecule has 7 nitrogen and oxygen atoms in total. The number of sulfonamides is 1. The molecule has 0 atom stereocenters. The number of hydrogen-bond acceptors (Lipinski definition) is 5. The van der Waals surface area contributed by atoms with E-state index in [1.807, 2.05) is 0 Å². The summed E-state index contributed by atoms with van der Waals surface area (Å²) in [5.74, 6) is 0.0621. The van der Waals surface area contributed by atoms with Crippen LogP contribution in [0.5, 0.6) is 5.75 Å². The minimum Gasteiger partial charge on any atom is -0.490 e. The zero-order valence-electron chi connectivity index (χ0n) is 14.9. The molecule has 0 saturated carbocycles. The third-order valence-corrected chi connectivity index (χ3v) is 5.64. The van der Waals surface area contributed by atoms with Gasteiger partial charge in [-0.1, -0.05) is 12.1 Å². The maximum absolute atomic E-state index is 13.0. The van der Waals surface area contributed by atoms with Gasteiger partial charge in [0.15, 0.2) is 0 Å². The van der Waals surface area contributed by atoms with Gasteiger partial charge in [0.1, 0.15) is 18.2 Å². The largest absolute Gasteiger partial charge is 0.490 e. The smallest absolute Gasteiger partial charge is 0.236 e. The second kappa shape index (κ2) is 7.51. The number of aromatic amines is 1. The summed E-state index contributed by atoms with van der Waals surface area (Å²) in [4.78, 5) is 9.20. The predicted octanol–water partition coefficient (Wildman–Crippen LogP) is 2.89. The summed E-state index contributed by atoms with van der Waals surface area (Å²) in [7, 11) is -3.64. The van der Waals surface area contributed by atoms with Gasteiger partial charge in [-0.25, -0.2) is 17.8 Å². The Morgan fingerprint density at radius 1 is 1.21 bits per heavy atom. The lowest BCUT2D eigenvalue weighted by Gasteiger charge is -2.31. The fourth-order valence-corrected chi connectivity index (χ4v) is 4.28. The summed E-state index contributed by atoms with van der Waals surface area (Å²) in [6, 6.07) is 10.6. The number of hydrogen-bond donors (Lipinski definition) is 2. The first-order chi connectivity index (χ1) is 13.5. The molecule has 28 heavy (non-hydrogen) atoms. The topological polar surface area (TPSA) is 87.3 Å². The number of anilines is 2. The highest BCUT2D eigenvalue weighted by Gasteiger charge is 2.20. The molecule has 1 aliphatic rings. The average Bonchev–Trinajstić information content (AvgIpc) is 3.17. The van der Waals surface area contributed by atoms with E-state index in [1.165, 1.54) is 24.3 Å². The number of benzene rings is 2. The van der Waals surface area contributed by atoms with Gasteiger partial charge >= 0.3 is 0 Å². The SMILES string of the molecule is O=S(=O)(Cc1ccc(F)cc1)Nc1ccc2c(c1)N(Cc1cnc[nH]1)CCO2. The van der Waals surface area contributed by atoms with Crippen LogP contribution in [0.2, 0.25) is 0 Å². The highest BCUT2D eigenvalue weighted by atomic mass is 32.2. The van der Waals surface area contributed by atoms with Crippen molar-refractivity contribution in [3.63, 3.8) is 0 Å². The Balaban J connectivity index is 1.53. The standard InChI is InChI=1S/C19H19FN4O3S/c20-15-3-1-14(2-4-15)12-28(25,26)23-16-5-6-19-18(9-16)24(7-8-27-19)11-17-10-21-13-22-17/h1-6,9-10,13,23H,7-8,11-12H2,(H,21,22). The van der Waals surface area contributed by atoms with E-state index >= 15 is 0 Å². The number of ether oxygens (including phenoxy) is 1. The first kappa shape index (κ1) is 18.3. The summed E-state index contributed by atoms with van der Waals surface area (Å²) < 4.78 is 46.3. The lowest BCUT2D eigenvalue weighted by Crippen LogP contribution is -2.32. The molecule has 1 aromatic heterocycles. The lowest BCUT2D eigenvalue weighted by atomic mass is 10.2. The van der Waals surface area contributed by atoms with Crippen LogP contribution in [0.15, 0.2) is 55.0 Å². The molecule has 0 amide bonds. The molecule has 146 valence electrons. The van der Waals surface area contributed by atoms with E-state index < -0.39 is 15.8 Å². The Morgan fingerprint density at radius 3 is 2.79 bits per heavy atom. The Hall–Kier alpha value is -3.07. The van der Waals surface area contributed by atoms with Crippen molar-refractivity contribution in [2.75, 3.05) is 22.8 Å². The second-order valence-corrected chi connectivity index (χ2v) is 8.24. The lowest BCUT2D eigenvalue weighted by molar-refractivity contribution is 0.307. The van der Waals surface area contributed by atoms with Crippen molar-refractivity contribution in [1.82, 2.24) is 9.97 Å². The molecule has 0 radical (unpaired) electrons. The second-order valence-electron chi connectivity index (χ2n) is 6.52. The minimum absolute atomic E-state index is 0.237. The van der Waals surface area contributed by atoms with Crippen LogP contribution >= 0.6 is 0 Å². The normalized spacial score (nSPS) is 13.7. The molecular weight excluding hydrogens is 383 g/mol. The van der Waals surface area contributed by atoms with Gasteiger partial charge in [-0.3, -0.25) is 4.72 Å². The van der Waals surface area contributed by atoms with E-state index in [1.54, 1.807) is 30.7 Å². The molecule has 0 unspecified atom stereocenters. The van der Waals surface area contributed by atoms with Crippen molar-refractivity contribution in [1.29, 1.82) is 0 Å². The Labute approximate surface area is 162 Å². The third-order valence-electron chi connectivity index (χ3n) is 4.38. The number of aromatic nitrogens is 2. The Bertz CT molecular complexity index is 1050. The third kappa shape index (κ3) is 4.25. The highest BCUT2D eigenvalue weighted by Crippen LogP contribution is 2.35. The first-order valence-corrected chi connectivity index (χ1v) is 10.4. The number of imidazole rings is 1. The molecule has 4 rings (SSSR count). The Morgan fingerprint density at radius 2 is 2.04 bits per heavy atom. The van der Waals surface area contributed by atoms with Gasteiger partial charge in [0.25, 0.3) is 0 Å². The van der Waals surface area contributed by atoms with Crippen molar-refractivity contribution in [3.05, 3.63) is 72.1 Å². The number of halogens is 1. The summed E-state index contributed by atoms with van der Waals surface area (Å²) in [6.07, 6.45) is 3.38. The molecule has 0 fully saturated rings. The molecule has 0 aliphatic carbocycles. The van der Waals surface area contributed by atoms with Crippen molar-refractivity contribution < 1.29 is 17.5 Å². The van der Waals surface area contributed by atoms with Gasteiger partial charge in [0, 0.05) is 6.20 Å². The van der Waals surface area contributed by atoms with Crippen LogP contribution in [-0.2, 0) is 22.3 Å². The molecule has 0 spiro atoms. The zero-order chi connectivity index (χ0) is 19.6. The summed E-state index contributed by atoms with van der Waals surface area (Å²) in [5.41, 5.74) is 2.72. The molecule has 2 N–H and O–H groups in total. The van der Waals surface area contributed by atoms with Crippen LogP contribution in [0.1, 0.15) is 11.3 Å². The van der Waals surface area contributed by atoms with E-state index in [4.69, 9.17) is 4.74 Å². The van der Waals surface area contributed by atoms with Crippen LogP contribution in [0.25, 0.3) is 0 Å². The summed E-state index contributed by atoms with van der Waals surface area (Å²) in [5, 5.41) is 0. The fraction of sp³-hybridized carbons (Fsp3) is 0.211. The molecular formula is C19H19FN4O3S. The number of fused-ring (bicyclic) bond motifs is 1. The van der Waals surface area contributed by atoms with E-state index in [-0.39, 0.29) is 5.75 Å². The van der Waals surface area contributed by atoms with Crippen LogP contribution in [0.3, 0.4) is 0 Å². The molecule has 1 aliphatic heterocycles. The van der Waals surface area contributed by atoms with Crippen molar-refractivity contribution in [3.8, 4) is 5.75 Å². The van der Waals surface area contributed by atoms with E-state index in [0.29, 0.717) is 36.7 Å². The van der Waals surface area contributed by atoms with Gasteiger partial charge in [-0.2, -0.15) is 0 Å². The van der Waals surface area contributed by atoms with Gasteiger partial charge in [0.2, 0.25) is 10.0 Å². The molecule has 0 saturated heterocycles. The van der Waals surface area contributed by atoms with Crippen molar-refractivity contribution >= 4 is 21.4 Å². The molecule has 9 heteroatoms. The molecule has 0 bridgehead atoms. The molecule has 2 heterocycles. The van der Waals surface area contributed by atoms with Crippen LogP contribution in [-0.4, -0.2) is 31.5 Å². The highest BCUT2D eigenvalue weighted by molar-refractivity contribution is 7.91. The van der Waals surface area contributed by atoms with Gasteiger partial charge in [-0.15, -0.1) is 0 Å². The fourth-order valence-electron chi connectivity index (χ4n) is 3.09. The maximum Gasteiger partial charge on any atom is 0.236 e. The number of nitrogens with zero attached hydrogens (tertiary/aromatic N) is 2. The predicted molar refractivity (Wildman–Crippen MR) is 104 cm³/mol. The number of nitrogens with one attached hydrogen (secondary N) is 2. The van der Waals surface area contributed by atoms with Gasteiger partial charge in [0.05, 0.1) is 42.2 Å².